The van der Waals surface area contributed by atoms with Gasteiger partial charge in [0.1, 0.15) is 5.69 Å². The minimum absolute atomic E-state index is 0.0960. The molecule has 1 amide bonds. The third-order valence-corrected chi connectivity index (χ3v) is 3.38. The number of fused-ring (bicyclic) bond motifs is 1. The number of hydrogen-bond donors (Lipinski definition) is 1. The summed E-state index contributed by atoms with van der Waals surface area (Å²) in [6.07, 6.45) is 3.16. The van der Waals surface area contributed by atoms with Crippen LogP contribution in [0.15, 0.2) is 42.0 Å². The van der Waals surface area contributed by atoms with E-state index >= 15 is 0 Å². The van der Waals surface area contributed by atoms with Crippen LogP contribution in [0.5, 0.6) is 0 Å². The van der Waals surface area contributed by atoms with Crippen molar-refractivity contribution in [2.24, 2.45) is 0 Å². The first-order valence-corrected chi connectivity index (χ1v) is 6.27. The average Bonchev–Trinajstić information content (AvgIpc) is 2.81. The zero-order valence-corrected chi connectivity index (χ0v) is 10.4. The number of nitrogens with one attached hydrogen (secondary N) is 1. The summed E-state index contributed by atoms with van der Waals surface area (Å²) in [4.78, 5) is 17.5. The molecule has 0 aliphatic carbocycles. The van der Waals surface area contributed by atoms with Crippen LogP contribution in [0.4, 0.5) is 0 Å². The lowest BCUT2D eigenvalue weighted by Gasteiger charge is -2.25. The highest BCUT2D eigenvalue weighted by atomic mass is 16.2. The maximum atomic E-state index is 12.4. The smallest absolute Gasteiger partial charge is 0.270 e. The number of amides is 1. The number of rotatable bonds is 1. The Balaban J connectivity index is 1.90. The van der Waals surface area contributed by atoms with Crippen molar-refractivity contribution in [3.63, 3.8) is 0 Å². The molecule has 0 radical (unpaired) electrons. The Morgan fingerprint density at radius 3 is 2.94 bits per heavy atom. The van der Waals surface area contributed by atoms with Gasteiger partial charge < -0.3 is 9.88 Å². The van der Waals surface area contributed by atoms with Crippen molar-refractivity contribution in [3.8, 4) is 0 Å². The molecule has 2 heterocycles. The fourth-order valence-corrected chi connectivity index (χ4v) is 2.44. The summed E-state index contributed by atoms with van der Waals surface area (Å²) in [6, 6.07) is 9.90. The van der Waals surface area contributed by atoms with Crippen molar-refractivity contribution in [1.29, 1.82) is 0 Å². The highest BCUT2D eigenvalue weighted by molar-refractivity contribution is 5.98. The third-order valence-electron chi connectivity index (χ3n) is 3.38. The SMILES string of the molecule is CC1=CCCN(C(=O)c2cc3ccccc3[nH]2)C1. The zero-order valence-electron chi connectivity index (χ0n) is 10.4. The normalized spacial score (nSPS) is 15.8. The van der Waals surface area contributed by atoms with Crippen LogP contribution in [-0.4, -0.2) is 28.9 Å². The van der Waals surface area contributed by atoms with Gasteiger partial charge >= 0.3 is 0 Å². The van der Waals surface area contributed by atoms with Gasteiger partial charge in [-0.1, -0.05) is 29.8 Å². The number of H-pyrrole nitrogens is 1. The van der Waals surface area contributed by atoms with E-state index in [9.17, 15) is 4.79 Å². The molecule has 1 aliphatic rings. The standard InChI is InChI=1S/C15H16N2O/c1-11-5-4-8-17(10-11)15(18)14-9-12-6-2-3-7-13(12)16-14/h2-3,5-7,9,16H,4,8,10H2,1H3. The van der Waals surface area contributed by atoms with Gasteiger partial charge in [0.05, 0.1) is 0 Å². The molecule has 18 heavy (non-hydrogen) atoms. The monoisotopic (exact) mass is 240 g/mol. The summed E-state index contributed by atoms with van der Waals surface area (Å²) in [5, 5.41) is 1.09. The minimum Gasteiger partial charge on any atom is -0.351 e. The Kier molecular flexibility index (Phi) is 2.67. The van der Waals surface area contributed by atoms with E-state index in [4.69, 9.17) is 0 Å². The largest absolute Gasteiger partial charge is 0.351 e. The van der Waals surface area contributed by atoms with E-state index in [0.717, 1.165) is 30.4 Å². The van der Waals surface area contributed by atoms with E-state index in [1.54, 1.807) is 0 Å². The topological polar surface area (TPSA) is 36.1 Å². The molecule has 3 heteroatoms. The van der Waals surface area contributed by atoms with E-state index in [2.05, 4.69) is 18.0 Å². The molecule has 0 spiro atoms. The van der Waals surface area contributed by atoms with Gasteiger partial charge in [0.15, 0.2) is 0 Å². The summed E-state index contributed by atoms with van der Waals surface area (Å²) in [7, 11) is 0. The summed E-state index contributed by atoms with van der Waals surface area (Å²) in [5.41, 5.74) is 2.97. The molecule has 1 aromatic carbocycles. The average molecular weight is 240 g/mol. The molecule has 3 nitrogen and oxygen atoms in total. The molecule has 0 bridgehead atoms. The molecule has 0 atom stereocenters. The number of aromatic amines is 1. The van der Waals surface area contributed by atoms with Gasteiger partial charge in [0, 0.05) is 24.0 Å². The van der Waals surface area contributed by atoms with Crippen LogP contribution in [0.2, 0.25) is 0 Å². The number of para-hydroxylation sites is 1. The maximum Gasteiger partial charge on any atom is 0.270 e. The lowest BCUT2D eigenvalue weighted by molar-refractivity contribution is 0.0761. The molecule has 0 saturated heterocycles. The molecule has 0 unspecified atom stereocenters. The Labute approximate surface area is 106 Å². The highest BCUT2D eigenvalue weighted by Crippen LogP contribution is 2.18. The number of carbonyl (C=O) groups is 1. The van der Waals surface area contributed by atoms with E-state index in [-0.39, 0.29) is 5.91 Å². The Morgan fingerprint density at radius 2 is 2.17 bits per heavy atom. The Hall–Kier alpha value is -2.03. The molecule has 3 rings (SSSR count). The quantitative estimate of drug-likeness (QED) is 0.764. The van der Waals surface area contributed by atoms with Crippen molar-refractivity contribution in [3.05, 3.63) is 47.7 Å². The molecule has 1 aromatic heterocycles. The van der Waals surface area contributed by atoms with Crippen molar-refractivity contribution in [2.45, 2.75) is 13.3 Å². The minimum atomic E-state index is 0.0960. The van der Waals surface area contributed by atoms with Crippen LogP contribution in [0.1, 0.15) is 23.8 Å². The maximum absolute atomic E-state index is 12.4. The number of aromatic nitrogens is 1. The third kappa shape index (κ3) is 1.92. The van der Waals surface area contributed by atoms with Crippen molar-refractivity contribution in [2.75, 3.05) is 13.1 Å². The molecule has 2 aromatic rings. The molecule has 0 saturated carbocycles. The predicted molar refractivity (Wildman–Crippen MR) is 72.6 cm³/mol. The number of nitrogens with zero attached hydrogens (tertiary/aromatic N) is 1. The first-order chi connectivity index (χ1) is 8.74. The molecular weight excluding hydrogens is 224 g/mol. The van der Waals surface area contributed by atoms with Gasteiger partial charge in [0.25, 0.3) is 5.91 Å². The summed E-state index contributed by atoms with van der Waals surface area (Å²) < 4.78 is 0. The van der Waals surface area contributed by atoms with Gasteiger partial charge in [-0.2, -0.15) is 0 Å². The Bertz CT molecular complexity index is 591. The lowest BCUT2D eigenvalue weighted by Crippen LogP contribution is -2.35. The van der Waals surface area contributed by atoms with Crippen LogP contribution >= 0.6 is 0 Å². The van der Waals surface area contributed by atoms with E-state index in [0.29, 0.717) is 5.69 Å². The summed E-state index contributed by atoms with van der Waals surface area (Å²) >= 11 is 0. The first-order valence-electron chi connectivity index (χ1n) is 6.27. The fourth-order valence-electron chi connectivity index (χ4n) is 2.44. The van der Waals surface area contributed by atoms with Crippen LogP contribution in [0.3, 0.4) is 0 Å². The van der Waals surface area contributed by atoms with Crippen molar-refractivity contribution in [1.82, 2.24) is 9.88 Å². The predicted octanol–water partition coefficient (Wildman–Crippen LogP) is 2.96. The first kappa shape index (κ1) is 11.1. The van der Waals surface area contributed by atoms with Gasteiger partial charge in [0.2, 0.25) is 0 Å². The van der Waals surface area contributed by atoms with E-state index in [1.165, 1.54) is 5.57 Å². The van der Waals surface area contributed by atoms with Crippen molar-refractivity contribution >= 4 is 16.8 Å². The number of hydrogen-bond acceptors (Lipinski definition) is 1. The fraction of sp³-hybridized carbons (Fsp3) is 0.267. The van der Waals surface area contributed by atoms with Crippen LogP contribution in [0, 0.1) is 0 Å². The second-order valence-electron chi connectivity index (χ2n) is 4.84. The molecule has 92 valence electrons. The van der Waals surface area contributed by atoms with Crippen LogP contribution in [0.25, 0.3) is 10.9 Å². The van der Waals surface area contributed by atoms with Gasteiger partial charge in [-0.15, -0.1) is 0 Å². The van der Waals surface area contributed by atoms with Gasteiger partial charge in [-0.25, -0.2) is 0 Å². The molecule has 0 fully saturated rings. The number of carbonyl (C=O) groups excluding carboxylic acids is 1. The lowest BCUT2D eigenvalue weighted by atomic mass is 10.1. The molecular formula is C15H16N2O. The molecule has 1 N–H and O–H groups in total. The molecule has 1 aliphatic heterocycles. The van der Waals surface area contributed by atoms with Crippen molar-refractivity contribution < 1.29 is 4.79 Å². The van der Waals surface area contributed by atoms with Gasteiger partial charge in [-0.05, 0) is 25.5 Å². The van der Waals surface area contributed by atoms with Crippen LogP contribution < -0.4 is 0 Å². The van der Waals surface area contributed by atoms with Crippen LogP contribution in [-0.2, 0) is 0 Å². The summed E-state index contributed by atoms with van der Waals surface area (Å²) in [5.74, 6) is 0.0960. The highest BCUT2D eigenvalue weighted by Gasteiger charge is 2.19. The summed E-state index contributed by atoms with van der Waals surface area (Å²) in [6.45, 7) is 3.63. The zero-order chi connectivity index (χ0) is 12.5. The van der Waals surface area contributed by atoms with E-state index in [1.807, 2.05) is 35.2 Å². The second-order valence-corrected chi connectivity index (χ2v) is 4.84. The second kappa shape index (κ2) is 4.33. The number of benzene rings is 1. The van der Waals surface area contributed by atoms with Gasteiger partial charge in [-0.3, -0.25) is 4.79 Å². The van der Waals surface area contributed by atoms with E-state index < -0.39 is 0 Å². The Morgan fingerprint density at radius 1 is 1.33 bits per heavy atom.